The third kappa shape index (κ3) is 3.10. The van der Waals surface area contributed by atoms with E-state index in [0.717, 1.165) is 31.2 Å². The minimum Gasteiger partial charge on any atom is -0.342 e. The highest BCUT2D eigenvalue weighted by Crippen LogP contribution is 2.51. The van der Waals surface area contributed by atoms with Crippen LogP contribution in [0.4, 0.5) is 8.78 Å². The van der Waals surface area contributed by atoms with Crippen LogP contribution in [0.3, 0.4) is 0 Å². The van der Waals surface area contributed by atoms with Gasteiger partial charge in [-0.15, -0.1) is 0 Å². The highest BCUT2D eigenvalue weighted by Gasteiger charge is 2.55. The Hall–Kier alpha value is -1.98. The second kappa shape index (κ2) is 6.32. The Bertz CT molecular complexity index is 701. The molecule has 3 fully saturated rings. The molecule has 2 amide bonds. The molecule has 1 saturated carbocycles. The molecule has 4 nitrogen and oxygen atoms in total. The number of rotatable bonds is 3. The Morgan fingerprint density at radius 2 is 1.77 bits per heavy atom. The van der Waals surface area contributed by atoms with Gasteiger partial charge in [-0.3, -0.25) is 9.59 Å². The number of nitrogens with zero attached hydrogens (tertiary/aromatic N) is 2. The van der Waals surface area contributed by atoms with Gasteiger partial charge in [-0.2, -0.15) is 0 Å². The van der Waals surface area contributed by atoms with Crippen molar-refractivity contribution >= 4 is 11.8 Å². The Labute approximate surface area is 152 Å². The van der Waals surface area contributed by atoms with E-state index >= 15 is 0 Å². The SMILES string of the molecule is O=C(Cc1ccccc1)N1CCC2(CCCC2C(=O)N2CC(F)(F)C2)C1. The van der Waals surface area contributed by atoms with Crippen molar-refractivity contribution in [3.63, 3.8) is 0 Å². The molecule has 0 radical (unpaired) electrons. The number of alkyl halides is 2. The fourth-order valence-electron chi connectivity index (χ4n) is 4.89. The van der Waals surface area contributed by atoms with Crippen LogP contribution in [0.2, 0.25) is 0 Å². The summed E-state index contributed by atoms with van der Waals surface area (Å²) in [4.78, 5) is 28.5. The number of halogens is 2. The third-order valence-corrected chi connectivity index (χ3v) is 6.30. The quantitative estimate of drug-likeness (QED) is 0.830. The molecule has 0 bridgehead atoms. The van der Waals surface area contributed by atoms with Crippen LogP contribution in [-0.4, -0.2) is 53.7 Å². The van der Waals surface area contributed by atoms with Gasteiger partial charge in [0.2, 0.25) is 11.8 Å². The van der Waals surface area contributed by atoms with Crippen LogP contribution in [0, 0.1) is 11.3 Å². The van der Waals surface area contributed by atoms with Crippen LogP contribution in [-0.2, 0) is 16.0 Å². The van der Waals surface area contributed by atoms with Gasteiger partial charge in [0.25, 0.3) is 5.92 Å². The van der Waals surface area contributed by atoms with Gasteiger partial charge in [0, 0.05) is 24.4 Å². The van der Waals surface area contributed by atoms with E-state index < -0.39 is 19.0 Å². The molecule has 2 atom stereocenters. The summed E-state index contributed by atoms with van der Waals surface area (Å²) in [5, 5.41) is 0. The van der Waals surface area contributed by atoms with E-state index in [1.165, 1.54) is 4.90 Å². The fraction of sp³-hybridized carbons (Fsp3) is 0.600. The van der Waals surface area contributed by atoms with Gasteiger partial charge < -0.3 is 9.80 Å². The van der Waals surface area contributed by atoms with Crippen molar-refractivity contribution in [3.05, 3.63) is 35.9 Å². The minimum atomic E-state index is -2.73. The second-order valence-corrected chi connectivity index (χ2v) is 8.09. The predicted octanol–water partition coefficient (Wildman–Crippen LogP) is 2.73. The standard InChI is InChI=1S/C20H24F2N2O2/c21-20(22)13-24(14-20)18(26)16-7-4-8-19(16)9-10-23(12-19)17(25)11-15-5-2-1-3-6-15/h1-3,5-6,16H,4,7-14H2. The van der Waals surface area contributed by atoms with Crippen molar-refractivity contribution < 1.29 is 18.4 Å². The number of carbonyl (C=O) groups excluding carboxylic acids is 2. The zero-order valence-corrected chi connectivity index (χ0v) is 14.8. The molecule has 4 rings (SSSR count). The molecule has 6 heteroatoms. The molecule has 0 aromatic heterocycles. The largest absolute Gasteiger partial charge is 0.342 e. The average molecular weight is 362 g/mol. The normalized spacial score (nSPS) is 29.8. The van der Waals surface area contributed by atoms with Gasteiger partial charge in [0.1, 0.15) is 0 Å². The second-order valence-electron chi connectivity index (χ2n) is 8.09. The van der Waals surface area contributed by atoms with E-state index in [1.54, 1.807) is 0 Å². The van der Waals surface area contributed by atoms with Crippen molar-refractivity contribution in [1.29, 1.82) is 0 Å². The first-order valence-corrected chi connectivity index (χ1v) is 9.37. The maximum atomic E-state index is 13.1. The molecule has 2 heterocycles. The first-order chi connectivity index (χ1) is 12.4. The molecule has 1 spiro atoms. The van der Waals surface area contributed by atoms with Gasteiger partial charge in [-0.1, -0.05) is 36.8 Å². The monoisotopic (exact) mass is 362 g/mol. The summed E-state index contributed by atoms with van der Waals surface area (Å²) >= 11 is 0. The summed E-state index contributed by atoms with van der Waals surface area (Å²) in [6.45, 7) is 0.342. The van der Waals surface area contributed by atoms with Crippen molar-refractivity contribution in [3.8, 4) is 0 Å². The van der Waals surface area contributed by atoms with Crippen LogP contribution < -0.4 is 0 Å². The third-order valence-electron chi connectivity index (χ3n) is 6.30. The van der Waals surface area contributed by atoms with E-state index in [9.17, 15) is 18.4 Å². The van der Waals surface area contributed by atoms with E-state index in [2.05, 4.69) is 0 Å². The lowest BCUT2D eigenvalue weighted by Crippen LogP contribution is -2.60. The summed E-state index contributed by atoms with van der Waals surface area (Å²) in [6, 6.07) is 9.64. The van der Waals surface area contributed by atoms with Crippen LogP contribution in [0.15, 0.2) is 30.3 Å². The summed E-state index contributed by atoms with van der Waals surface area (Å²) in [6.07, 6.45) is 3.76. The smallest absolute Gasteiger partial charge is 0.282 e. The fourth-order valence-corrected chi connectivity index (χ4v) is 4.89. The molecule has 2 aliphatic heterocycles. The van der Waals surface area contributed by atoms with Gasteiger partial charge in [-0.05, 0) is 24.8 Å². The summed E-state index contributed by atoms with van der Waals surface area (Å²) in [5.41, 5.74) is 0.772. The molecule has 0 N–H and O–H groups in total. The zero-order valence-electron chi connectivity index (χ0n) is 14.8. The number of hydrogen-bond donors (Lipinski definition) is 0. The Morgan fingerprint density at radius 3 is 2.46 bits per heavy atom. The molecule has 1 aromatic rings. The summed E-state index contributed by atoms with van der Waals surface area (Å²) in [7, 11) is 0. The minimum absolute atomic E-state index is 0.0849. The first-order valence-electron chi connectivity index (χ1n) is 9.37. The molecule has 1 aliphatic carbocycles. The Morgan fingerprint density at radius 1 is 1.04 bits per heavy atom. The number of carbonyl (C=O) groups is 2. The predicted molar refractivity (Wildman–Crippen MR) is 92.6 cm³/mol. The van der Waals surface area contributed by atoms with Crippen molar-refractivity contribution in [2.75, 3.05) is 26.2 Å². The van der Waals surface area contributed by atoms with E-state index in [4.69, 9.17) is 0 Å². The highest BCUT2D eigenvalue weighted by atomic mass is 19.3. The summed E-state index contributed by atoms with van der Waals surface area (Å²) in [5.74, 6) is -2.99. The molecule has 2 saturated heterocycles. The average Bonchev–Trinajstić information content (AvgIpc) is 3.20. The molecule has 26 heavy (non-hydrogen) atoms. The molecule has 1 aromatic carbocycles. The number of hydrogen-bond acceptors (Lipinski definition) is 2. The van der Waals surface area contributed by atoms with Gasteiger partial charge >= 0.3 is 0 Å². The van der Waals surface area contributed by atoms with Gasteiger partial charge in [0.15, 0.2) is 0 Å². The maximum Gasteiger partial charge on any atom is 0.282 e. The molecule has 2 unspecified atom stereocenters. The Kier molecular flexibility index (Phi) is 4.24. The van der Waals surface area contributed by atoms with Crippen LogP contribution in [0.1, 0.15) is 31.2 Å². The van der Waals surface area contributed by atoms with Gasteiger partial charge in [0.05, 0.1) is 19.5 Å². The van der Waals surface area contributed by atoms with Crippen molar-refractivity contribution in [1.82, 2.24) is 9.80 Å². The van der Waals surface area contributed by atoms with Crippen LogP contribution in [0.25, 0.3) is 0 Å². The summed E-state index contributed by atoms with van der Waals surface area (Å²) < 4.78 is 26.3. The van der Waals surface area contributed by atoms with E-state index in [1.807, 2.05) is 35.2 Å². The van der Waals surface area contributed by atoms with Crippen molar-refractivity contribution in [2.24, 2.45) is 11.3 Å². The molecular weight excluding hydrogens is 338 g/mol. The Balaban J connectivity index is 1.41. The topological polar surface area (TPSA) is 40.6 Å². The number of likely N-dealkylation sites (tertiary alicyclic amines) is 2. The van der Waals surface area contributed by atoms with E-state index in [0.29, 0.717) is 19.5 Å². The number of benzene rings is 1. The first kappa shape index (κ1) is 17.4. The number of amides is 2. The van der Waals surface area contributed by atoms with Crippen molar-refractivity contribution in [2.45, 2.75) is 38.0 Å². The molecule has 3 aliphatic rings. The molecular formula is C20H24F2N2O2. The lowest BCUT2D eigenvalue weighted by molar-refractivity contribution is -0.172. The maximum absolute atomic E-state index is 13.1. The van der Waals surface area contributed by atoms with Crippen LogP contribution in [0.5, 0.6) is 0 Å². The zero-order chi connectivity index (χ0) is 18.4. The lowest BCUT2D eigenvalue weighted by Gasteiger charge is -2.42. The molecule has 140 valence electrons. The highest BCUT2D eigenvalue weighted by molar-refractivity contribution is 5.82. The lowest BCUT2D eigenvalue weighted by atomic mass is 9.76. The van der Waals surface area contributed by atoms with E-state index in [-0.39, 0.29) is 23.1 Å². The van der Waals surface area contributed by atoms with Gasteiger partial charge in [-0.25, -0.2) is 8.78 Å². The van der Waals surface area contributed by atoms with Crippen LogP contribution >= 0.6 is 0 Å².